The maximum Gasteiger partial charge on any atom is 0.303 e. The van der Waals surface area contributed by atoms with Gasteiger partial charge in [-0.15, -0.1) is 0 Å². The van der Waals surface area contributed by atoms with Crippen LogP contribution in [0.15, 0.2) is 0 Å². The Morgan fingerprint density at radius 3 is 1.96 bits per heavy atom. The van der Waals surface area contributed by atoms with Gasteiger partial charge in [-0.3, -0.25) is 19.2 Å². The van der Waals surface area contributed by atoms with Crippen LogP contribution in [0.3, 0.4) is 0 Å². The largest absolute Gasteiger partial charge is 0.481 e. The first-order valence-electron chi connectivity index (χ1n) is 8.84. The number of aliphatic carboxylic acids is 2. The van der Waals surface area contributed by atoms with Crippen LogP contribution in [0.1, 0.15) is 85.0 Å². The minimum atomic E-state index is -0.811. The van der Waals surface area contributed by atoms with Crippen molar-refractivity contribution in [3.8, 4) is 0 Å². The van der Waals surface area contributed by atoms with Gasteiger partial charge < -0.3 is 10.2 Å². The number of carboxylic acids is 2. The summed E-state index contributed by atoms with van der Waals surface area (Å²) in [5, 5.41) is 16.2. The Morgan fingerprint density at radius 1 is 1.00 bits per heavy atom. The van der Waals surface area contributed by atoms with Crippen LogP contribution >= 0.6 is 0 Å². The highest BCUT2D eigenvalue weighted by Crippen LogP contribution is 2.25. The Kier molecular flexibility index (Phi) is 16.5. The Morgan fingerprint density at radius 2 is 1.54 bits per heavy atom. The van der Waals surface area contributed by atoms with Gasteiger partial charge in [-0.1, -0.05) is 20.8 Å². The second kappa shape index (κ2) is 16.1. The highest BCUT2D eigenvalue weighted by molar-refractivity contribution is 5.84. The van der Waals surface area contributed by atoms with Crippen molar-refractivity contribution in [2.75, 3.05) is 0 Å². The van der Waals surface area contributed by atoms with Crippen LogP contribution in [-0.4, -0.2) is 33.7 Å². The molecule has 0 aromatic heterocycles. The molecule has 1 unspecified atom stereocenters. The van der Waals surface area contributed by atoms with Gasteiger partial charge in [-0.25, -0.2) is 0 Å². The fourth-order valence-electron chi connectivity index (χ4n) is 2.25. The summed E-state index contributed by atoms with van der Waals surface area (Å²) in [5.41, 5.74) is 0. The molecular weight excluding hydrogens is 312 g/mol. The summed E-state index contributed by atoms with van der Waals surface area (Å²) >= 11 is 0. The highest BCUT2D eigenvalue weighted by atomic mass is 16.4. The van der Waals surface area contributed by atoms with Crippen molar-refractivity contribution in [1.29, 1.82) is 0 Å². The van der Waals surface area contributed by atoms with E-state index in [0.29, 0.717) is 44.3 Å². The zero-order chi connectivity index (χ0) is 19.0. The first-order chi connectivity index (χ1) is 11.4. The number of carboxylic acid groups (broad SMARTS) is 2. The Hall–Kier alpha value is -1.72. The van der Waals surface area contributed by atoms with Crippen LogP contribution in [0.5, 0.6) is 0 Å². The van der Waals surface area contributed by atoms with Crippen molar-refractivity contribution in [3.63, 3.8) is 0 Å². The van der Waals surface area contributed by atoms with E-state index in [1.54, 1.807) is 6.92 Å². The fraction of sp³-hybridized carbons (Fsp3) is 0.778. The molecule has 0 heterocycles. The molecule has 1 rings (SSSR count). The number of rotatable bonds is 9. The summed E-state index contributed by atoms with van der Waals surface area (Å²) < 4.78 is 0. The van der Waals surface area contributed by atoms with Gasteiger partial charge >= 0.3 is 11.9 Å². The predicted molar refractivity (Wildman–Crippen MR) is 92.0 cm³/mol. The van der Waals surface area contributed by atoms with Crippen molar-refractivity contribution < 1.29 is 29.4 Å². The van der Waals surface area contributed by atoms with E-state index in [9.17, 15) is 19.2 Å². The lowest BCUT2D eigenvalue weighted by atomic mass is 9.97. The molecule has 6 nitrogen and oxygen atoms in total. The summed E-state index contributed by atoms with van der Waals surface area (Å²) in [6.07, 6.45) is 5.76. The molecule has 0 amide bonds. The van der Waals surface area contributed by atoms with Crippen molar-refractivity contribution in [1.82, 2.24) is 0 Å². The van der Waals surface area contributed by atoms with Crippen LogP contribution < -0.4 is 0 Å². The minimum absolute atomic E-state index is 0.109. The monoisotopic (exact) mass is 344 g/mol. The lowest BCUT2D eigenvalue weighted by Crippen LogP contribution is -2.09. The quantitative estimate of drug-likeness (QED) is 0.615. The normalized spacial score (nSPS) is 15.6. The van der Waals surface area contributed by atoms with E-state index in [0.717, 1.165) is 12.8 Å². The first-order valence-corrected chi connectivity index (χ1v) is 8.84. The van der Waals surface area contributed by atoms with E-state index >= 15 is 0 Å². The summed E-state index contributed by atoms with van der Waals surface area (Å²) in [5.74, 6) is -0.976. The summed E-state index contributed by atoms with van der Waals surface area (Å²) in [7, 11) is 0. The van der Waals surface area contributed by atoms with Crippen molar-refractivity contribution in [2.45, 2.75) is 85.0 Å². The highest BCUT2D eigenvalue weighted by Gasteiger charge is 2.24. The summed E-state index contributed by atoms with van der Waals surface area (Å²) in [6, 6.07) is 0. The smallest absolute Gasteiger partial charge is 0.303 e. The van der Waals surface area contributed by atoms with Gasteiger partial charge in [0, 0.05) is 38.0 Å². The number of hydrogen-bond acceptors (Lipinski definition) is 4. The predicted octanol–water partition coefficient (Wildman–Crippen LogP) is 3.86. The zero-order valence-corrected chi connectivity index (χ0v) is 15.2. The maximum absolute atomic E-state index is 11.5. The molecule has 1 aliphatic carbocycles. The molecule has 0 bridgehead atoms. The van der Waals surface area contributed by atoms with Crippen LogP contribution in [-0.2, 0) is 19.2 Å². The molecule has 1 atom stereocenters. The van der Waals surface area contributed by atoms with Crippen LogP contribution in [0.25, 0.3) is 0 Å². The summed E-state index contributed by atoms with van der Waals surface area (Å²) in [4.78, 5) is 42.5. The Labute approximate surface area is 144 Å². The molecule has 24 heavy (non-hydrogen) atoms. The number of unbranched alkanes of at least 4 members (excludes halogenated alkanes) is 1. The second-order valence-corrected chi connectivity index (χ2v) is 5.48. The van der Waals surface area contributed by atoms with Crippen LogP contribution in [0.2, 0.25) is 0 Å². The average molecular weight is 344 g/mol. The van der Waals surface area contributed by atoms with Crippen LogP contribution in [0, 0.1) is 5.92 Å². The molecular formula is C18H32O6. The summed E-state index contributed by atoms with van der Waals surface area (Å²) in [6.45, 7) is 5.60. The molecule has 140 valence electrons. The lowest BCUT2D eigenvalue weighted by Gasteiger charge is -2.06. The second-order valence-electron chi connectivity index (χ2n) is 5.48. The van der Waals surface area contributed by atoms with Crippen molar-refractivity contribution in [2.24, 2.45) is 5.92 Å². The molecule has 0 aromatic carbocycles. The minimum Gasteiger partial charge on any atom is -0.481 e. The number of carbonyl (C=O) groups is 4. The molecule has 0 aliphatic heterocycles. The van der Waals surface area contributed by atoms with E-state index in [1.807, 2.05) is 13.8 Å². The molecule has 2 N–H and O–H groups in total. The van der Waals surface area contributed by atoms with Crippen LogP contribution in [0.4, 0.5) is 0 Å². The zero-order valence-electron chi connectivity index (χ0n) is 15.2. The number of ketones is 2. The third-order valence-corrected chi connectivity index (χ3v) is 3.60. The number of carbonyl (C=O) groups excluding carboxylic acids is 2. The molecule has 1 fully saturated rings. The molecule has 0 aromatic rings. The molecule has 1 aliphatic rings. The number of hydrogen-bond donors (Lipinski definition) is 2. The van der Waals surface area contributed by atoms with Gasteiger partial charge in [0.2, 0.25) is 0 Å². The Bertz CT molecular complexity index is 389. The fourth-order valence-corrected chi connectivity index (χ4v) is 2.25. The van der Waals surface area contributed by atoms with E-state index in [-0.39, 0.29) is 24.5 Å². The van der Waals surface area contributed by atoms with E-state index in [1.165, 1.54) is 0 Å². The van der Waals surface area contributed by atoms with Gasteiger partial charge in [0.05, 0.1) is 0 Å². The van der Waals surface area contributed by atoms with Gasteiger partial charge in [0.25, 0.3) is 0 Å². The van der Waals surface area contributed by atoms with Crippen molar-refractivity contribution in [3.05, 3.63) is 0 Å². The van der Waals surface area contributed by atoms with Gasteiger partial charge in [0.1, 0.15) is 11.6 Å². The Balaban J connectivity index is 0. The average Bonchev–Trinajstić information content (AvgIpc) is 2.97. The van der Waals surface area contributed by atoms with E-state index < -0.39 is 11.9 Å². The van der Waals surface area contributed by atoms with E-state index in [4.69, 9.17) is 10.2 Å². The van der Waals surface area contributed by atoms with Gasteiger partial charge in [-0.05, 0) is 32.1 Å². The van der Waals surface area contributed by atoms with Gasteiger partial charge in [0.15, 0.2) is 0 Å². The van der Waals surface area contributed by atoms with E-state index in [2.05, 4.69) is 0 Å². The third kappa shape index (κ3) is 15.2. The SMILES string of the molecule is CC.CCC(=O)O.O=C(O)CCCCC(=O)CCC1CCCC1=O. The molecule has 0 saturated heterocycles. The standard InChI is InChI=1S/C13H20O4.C3H6O2.C2H6/c14-11(5-1-2-7-13(16)17)9-8-10-4-3-6-12(10)15;1-2-3(4)5;1-2/h10H,1-9H2,(H,16,17);2H2,1H3,(H,4,5);1-2H3. The maximum atomic E-state index is 11.5. The third-order valence-electron chi connectivity index (χ3n) is 3.60. The topological polar surface area (TPSA) is 109 Å². The molecule has 0 spiro atoms. The molecule has 1 saturated carbocycles. The first kappa shape index (κ1) is 24.5. The van der Waals surface area contributed by atoms with Gasteiger partial charge in [-0.2, -0.15) is 0 Å². The molecule has 0 radical (unpaired) electrons. The number of Topliss-reactive ketones (excluding diaryl/α,β-unsaturated/α-hetero) is 2. The van der Waals surface area contributed by atoms with Crippen molar-refractivity contribution >= 4 is 23.5 Å². The lowest BCUT2D eigenvalue weighted by molar-refractivity contribution is -0.138. The molecule has 6 heteroatoms.